The van der Waals surface area contributed by atoms with Crippen LogP contribution in [0, 0.1) is 5.82 Å². The van der Waals surface area contributed by atoms with Crippen LogP contribution in [-0.4, -0.2) is 42.1 Å². The minimum atomic E-state index is -3.17. The summed E-state index contributed by atoms with van der Waals surface area (Å²) in [5.74, 6) is -2.06. The first-order valence-electron chi connectivity index (χ1n) is 8.62. The summed E-state index contributed by atoms with van der Waals surface area (Å²) in [6.07, 6.45) is -0.168. The zero-order valence-electron chi connectivity index (χ0n) is 14.8. The fourth-order valence-electron chi connectivity index (χ4n) is 3.02. The number of nitrogens with one attached hydrogen (secondary N) is 2. The summed E-state index contributed by atoms with van der Waals surface area (Å²) < 4.78 is 67.5. The van der Waals surface area contributed by atoms with E-state index in [9.17, 15) is 26.7 Å². The predicted octanol–water partition coefficient (Wildman–Crippen LogP) is 3.48. The third kappa shape index (κ3) is 4.67. The van der Waals surface area contributed by atoms with Gasteiger partial charge in [-0.3, -0.25) is 9.78 Å². The van der Waals surface area contributed by atoms with Crippen molar-refractivity contribution in [2.75, 3.05) is 0 Å². The molecule has 1 aliphatic carbocycles. The molecule has 28 heavy (non-hydrogen) atoms. The van der Waals surface area contributed by atoms with Gasteiger partial charge in [0.05, 0.1) is 17.1 Å². The number of benzene rings is 1. The number of ether oxygens (including phenoxy) is 1. The zero-order chi connectivity index (χ0) is 20.4. The maximum Gasteiger partial charge on any atom is 0.387 e. The van der Waals surface area contributed by atoms with Crippen LogP contribution in [0.4, 0.5) is 22.0 Å². The van der Waals surface area contributed by atoms with Gasteiger partial charge >= 0.3 is 6.61 Å². The molecular weight excluding hydrogens is 385 g/mol. The Kier molecular flexibility index (Phi) is 5.97. The van der Waals surface area contributed by atoms with Gasteiger partial charge < -0.3 is 15.4 Å². The first-order valence-corrected chi connectivity index (χ1v) is 8.62. The molecule has 1 amide bonds. The largest absolute Gasteiger partial charge is 0.432 e. The van der Waals surface area contributed by atoms with Crippen molar-refractivity contribution in [3.63, 3.8) is 0 Å². The number of halogens is 5. The lowest BCUT2D eigenvalue weighted by atomic mass is 9.86. The Morgan fingerprint density at radius 3 is 2.54 bits per heavy atom. The van der Waals surface area contributed by atoms with Crippen LogP contribution < -0.4 is 15.4 Å². The molecule has 1 saturated carbocycles. The van der Waals surface area contributed by atoms with Crippen LogP contribution in [0.3, 0.4) is 0 Å². The van der Waals surface area contributed by atoms with Gasteiger partial charge in [-0.15, -0.1) is 0 Å². The Morgan fingerprint density at radius 1 is 1.18 bits per heavy atom. The molecule has 1 fully saturated rings. The van der Waals surface area contributed by atoms with Gasteiger partial charge in [-0.05, 0) is 31.9 Å². The number of nitrogens with zero attached hydrogens (tertiary/aromatic N) is 1. The molecule has 3 rings (SSSR count). The summed E-state index contributed by atoms with van der Waals surface area (Å²) in [4.78, 5) is 16.3. The molecule has 0 saturated heterocycles. The third-order valence-electron chi connectivity index (χ3n) is 4.56. The summed E-state index contributed by atoms with van der Waals surface area (Å²) in [7, 11) is 0. The van der Waals surface area contributed by atoms with E-state index in [1.807, 2.05) is 0 Å². The van der Waals surface area contributed by atoms with Crippen LogP contribution in [0.1, 0.15) is 30.1 Å². The van der Waals surface area contributed by atoms with E-state index in [4.69, 9.17) is 0 Å². The van der Waals surface area contributed by atoms with Gasteiger partial charge in [0.15, 0.2) is 11.6 Å². The van der Waals surface area contributed by atoms with Crippen molar-refractivity contribution in [1.82, 2.24) is 15.6 Å². The molecule has 2 N–H and O–H groups in total. The smallest absolute Gasteiger partial charge is 0.387 e. The second-order valence-electron chi connectivity index (χ2n) is 6.71. The number of carbonyl (C=O) groups excluding carboxylic acids is 1. The Morgan fingerprint density at radius 2 is 1.89 bits per heavy atom. The van der Waals surface area contributed by atoms with Crippen molar-refractivity contribution in [3.05, 3.63) is 35.8 Å². The summed E-state index contributed by atoms with van der Waals surface area (Å²) in [6.45, 7) is -1.77. The van der Waals surface area contributed by atoms with Crippen molar-refractivity contribution in [3.8, 4) is 5.75 Å². The van der Waals surface area contributed by atoms with Crippen LogP contribution in [-0.2, 0) is 0 Å². The molecule has 152 valence electrons. The molecule has 10 heteroatoms. The van der Waals surface area contributed by atoms with E-state index >= 15 is 0 Å². The van der Waals surface area contributed by atoms with E-state index in [2.05, 4.69) is 20.4 Å². The van der Waals surface area contributed by atoms with E-state index in [0.29, 0.717) is 12.8 Å². The molecule has 1 atom stereocenters. The second-order valence-corrected chi connectivity index (χ2v) is 6.71. The molecule has 5 nitrogen and oxygen atoms in total. The van der Waals surface area contributed by atoms with Crippen molar-refractivity contribution >= 4 is 16.8 Å². The van der Waals surface area contributed by atoms with E-state index in [0.717, 1.165) is 12.1 Å². The number of pyridine rings is 1. The SMILES string of the molecule is C[C@H](NC1CC(NC(=O)c2cnc3cc(OC(F)F)c(F)cc3c2)C1)C(F)F. The van der Waals surface area contributed by atoms with Gasteiger partial charge in [0.1, 0.15) is 0 Å². The summed E-state index contributed by atoms with van der Waals surface area (Å²) >= 11 is 0. The van der Waals surface area contributed by atoms with Crippen LogP contribution in [0.5, 0.6) is 5.75 Å². The van der Waals surface area contributed by atoms with Crippen LogP contribution in [0.25, 0.3) is 10.9 Å². The Bertz CT molecular complexity index is 858. The molecule has 0 unspecified atom stereocenters. The fourth-order valence-corrected chi connectivity index (χ4v) is 3.02. The highest BCUT2D eigenvalue weighted by Crippen LogP contribution is 2.26. The topological polar surface area (TPSA) is 63.2 Å². The van der Waals surface area contributed by atoms with Gasteiger partial charge in [0.25, 0.3) is 12.3 Å². The third-order valence-corrected chi connectivity index (χ3v) is 4.56. The molecule has 0 radical (unpaired) electrons. The van der Waals surface area contributed by atoms with E-state index in [1.165, 1.54) is 19.2 Å². The highest BCUT2D eigenvalue weighted by Gasteiger charge is 2.32. The number of hydrogen-bond acceptors (Lipinski definition) is 4. The van der Waals surface area contributed by atoms with Crippen molar-refractivity contribution in [2.45, 2.75) is 50.9 Å². The van der Waals surface area contributed by atoms with E-state index < -0.39 is 36.6 Å². The Balaban J connectivity index is 1.62. The molecule has 2 aromatic rings. The number of hydrogen-bond donors (Lipinski definition) is 2. The zero-order valence-corrected chi connectivity index (χ0v) is 14.8. The van der Waals surface area contributed by atoms with Crippen molar-refractivity contribution in [1.29, 1.82) is 0 Å². The molecular formula is C18H18F5N3O2. The van der Waals surface area contributed by atoms with Crippen LogP contribution >= 0.6 is 0 Å². The summed E-state index contributed by atoms with van der Waals surface area (Å²) in [5, 5.41) is 5.80. The fraction of sp³-hybridized carbons (Fsp3) is 0.444. The molecule has 0 spiro atoms. The molecule has 0 aliphatic heterocycles. The maximum absolute atomic E-state index is 13.8. The lowest BCUT2D eigenvalue weighted by molar-refractivity contribution is -0.0520. The van der Waals surface area contributed by atoms with Crippen molar-refractivity contribution < 1.29 is 31.5 Å². The van der Waals surface area contributed by atoms with Crippen LogP contribution in [0.2, 0.25) is 0 Å². The average molecular weight is 403 g/mol. The number of amides is 1. The van der Waals surface area contributed by atoms with Crippen LogP contribution in [0.15, 0.2) is 24.4 Å². The quantitative estimate of drug-likeness (QED) is 0.695. The van der Waals surface area contributed by atoms with E-state index in [-0.39, 0.29) is 28.6 Å². The van der Waals surface area contributed by atoms with Gasteiger partial charge in [-0.2, -0.15) is 8.78 Å². The second kappa shape index (κ2) is 8.26. The first-order chi connectivity index (χ1) is 13.2. The molecule has 1 aromatic heterocycles. The molecule has 1 heterocycles. The molecule has 1 aliphatic rings. The van der Waals surface area contributed by atoms with Crippen molar-refractivity contribution in [2.24, 2.45) is 0 Å². The van der Waals surface area contributed by atoms with E-state index in [1.54, 1.807) is 0 Å². The normalized spacial score (nSPS) is 20.3. The number of alkyl halides is 4. The average Bonchev–Trinajstić information content (AvgIpc) is 2.59. The van der Waals surface area contributed by atoms with Gasteiger partial charge in [0, 0.05) is 29.7 Å². The Hall–Kier alpha value is -2.49. The number of carbonyl (C=O) groups is 1. The lowest BCUT2D eigenvalue weighted by Crippen LogP contribution is -2.55. The maximum atomic E-state index is 13.8. The monoisotopic (exact) mass is 403 g/mol. The summed E-state index contributed by atoms with van der Waals surface area (Å²) in [5.41, 5.74) is 0.370. The van der Waals surface area contributed by atoms with Gasteiger partial charge in [0.2, 0.25) is 0 Å². The highest BCUT2D eigenvalue weighted by molar-refractivity contribution is 5.97. The Labute approximate surface area is 157 Å². The lowest BCUT2D eigenvalue weighted by Gasteiger charge is -2.38. The number of fused-ring (bicyclic) bond motifs is 1. The minimum Gasteiger partial charge on any atom is -0.432 e. The predicted molar refractivity (Wildman–Crippen MR) is 91.2 cm³/mol. The number of aromatic nitrogens is 1. The number of rotatable bonds is 7. The molecule has 0 bridgehead atoms. The highest BCUT2D eigenvalue weighted by atomic mass is 19.3. The van der Waals surface area contributed by atoms with Gasteiger partial charge in [-0.1, -0.05) is 0 Å². The first kappa shape index (κ1) is 20.2. The molecule has 1 aromatic carbocycles. The summed E-state index contributed by atoms with van der Waals surface area (Å²) in [6, 6.07) is 2.22. The van der Waals surface area contributed by atoms with Gasteiger partial charge in [-0.25, -0.2) is 13.2 Å². The minimum absolute atomic E-state index is 0.0913. The standard InChI is InChI=1S/C18H18F5N3O2/c1-8(16(20)21)25-11-4-12(5-11)26-17(27)10-2-9-3-13(19)15(28-18(22)23)6-14(9)24-7-10/h2-3,6-8,11-12,16,18,25H,4-5H2,1H3,(H,26,27)/t8-,11?,12?/m0/s1.